The molecule has 0 bridgehead atoms. The van der Waals surface area contributed by atoms with Crippen LogP contribution in [0.2, 0.25) is 0 Å². The van der Waals surface area contributed by atoms with Gasteiger partial charge < -0.3 is 19.9 Å². The van der Waals surface area contributed by atoms with Crippen LogP contribution >= 0.6 is 0 Å². The molecule has 0 aromatic heterocycles. The number of carbonyl (C=O) groups excluding carboxylic acids is 3. The lowest BCUT2D eigenvalue weighted by molar-refractivity contribution is -0.138. The summed E-state index contributed by atoms with van der Waals surface area (Å²) < 4.78 is 5.20. The van der Waals surface area contributed by atoms with Crippen LogP contribution in [0.1, 0.15) is 49.9 Å². The second-order valence-electron chi connectivity index (χ2n) is 7.77. The average molecular weight is 387 g/mol. The highest BCUT2D eigenvalue weighted by molar-refractivity contribution is 5.95. The molecule has 0 radical (unpaired) electrons. The Labute approximate surface area is 166 Å². The number of nitrogens with one attached hydrogen (secondary N) is 1. The Morgan fingerprint density at radius 3 is 2.54 bits per heavy atom. The molecule has 7 nitrogen and oxygen atoms in total. The fourth-order valence-corrected chi connectivity index (χ4v) is 4.08. The van der Waals surface area contributed by atoms with E-state index in [0.717, 1.165) is 0 Å². The zero-order valence-electron chi connectivity index (χ0n) is 16.8. The summed E-state index contributed by atoms with van der Waals surface area (Å²) in [6.07, 6.45) is 2.36. The van der Waals surface area contributed by atoms with Crippen LogP contribution in [-0.2, 0) is 9.59 Å². The van der Waals surface area contributed by atoms with E-state index in [0.29, 0.717) is 50.1 Å². The van der Waals surface area contributed by atoms with E-state index in [1.165, 1.54) is 0 Å². The molecule has 1 atom stereocenters. The summed E-state index contributed by atoms with van der Waals surface area (Å²) in [5.74, 6) is 0.596. The highest BCUT2D eigenvalue weighted by Gasteiger charge is 2.41. The number of likely N-dealkylation sites (tertiary alicyclic amines) is 2. The molecule has 28 heavy (non-hydrogen) atoms. The zero-order chi connectivity index (χ0) is 20.3. The summed E-state index contributed by atoms with van der Waals surface area (Å²) in [5, 5.41) is 2.92. The van der Waals surface area contributed by atoms with Crippen molar-refractivity contribution in [2.75, 3.05) is 20.2 Å². The SMILES string of the molecule is COc1cccc(C(=O)N2CCC(N3C(=O)CCC3C(=O)NC(C)C)CC2)c1. The van der Waals surface area contributed by atoms with Gasteiger partial charge in [0.15, 0.2) is 0 Å². The smallest absolute Gasteiger partial charge is 0.253 e. The monoisotopic (exact) mass is 387 g/mol. The van der Waals surface area contributed by atoms with Crippen LogP contribution in [-0.4, -0.2) is 65.8 Å². The van der Waals surface area contributed by atoms with E-state index in [1.807, 2.05) is 24.8 Å². The molecule has 2 aliphatic heterocycles. The lowest BCUT2D eigenvalue weighted by Crippen LogP contribution is -2.54. The minimum atomic E-state index is -0.388. The number of carbonyl (C=O) groups is 3. The molecule has 1 aromatic rings. The standard InChI is InChI=1S/C21H29N3O4/c1-14(2)22-20(26)18-7-8-19(25)24(18)16-9-11-23(12-10-16)21(27)15-5-4-6-17(13-15)28-3/h4-6,13-14,16,18H,7-12H2,1-3H3,(H,22,26). The van der Waals surface area contributed by atoms with Gasteiger partial charge in [0.05, 0.1) is 7.11 Å². The Bertz CT molecular complexity index is 741. The minimum absolute atomic E-state index is 0.00673. The maximum atomic E-state index is 12.8. The second kappa shape index (κ2) is 8.63. The molecule has 1 aromatic carbocycles. The molecule has 0 spiro atoms. The van der Waals surface area contributed by atoms with Crippen LogP contribution in [0.4, 0.5) is 0 Å². The predicted octanol–water partition coefficient (Wildman–Crippen LogP) is 1.82. The normalized spacial score (nSPS) is 20.6. The number of benzene rings is 1. The van der Waals surface area contributed by atoms with Gasteiger partial charge in [0.2, 0.25) is 11.8 Å². The van der Waals surface area contributed by atoms with Gasteiger partial charge >= 0.3 is 0 Å². The van der Waals surface area contributed by atoms with Gasteiger partial charge in [-0.2, -0.15) is 0 Å². The first-order valence-electron chi connectivity index (χ1n) is 9.95. The predicted molar refractivity (Wildman–Crippen MR) is 105 cm³/mol. The highest BCUT2D eigenvalue weighted by Crippen LogP contribution is 2.28. The first-order valence-corrected chi connectivity index (χ1v) is 9.95. The van der Waals surface area contributed by atoms with Gasteiger partial charge in [0.25, 0.3) is 5.91 Å². The van der Waals surface area contributed by atoms with Crippen molar-refractivity contribution in [3.8, 4) is 5.75 Å². The molecule has 1 N–H and O–H groups in total. The molecule has 2 heterocycles. The van der Waals surface area contributed by atoms with E-state index in [4.69, 9.17) is 4.74 Å². The summed E-state index contributed by atoms with van der Waals surface area (Å²) >= 11 is 0. The first-order chi connectivity index (χ1) is 13.4. The number of hydrogen-bond donors (Lipinski definition) is 1. The molecule has 3 amide bonds. The highest BCUT2D eigenvalue weighted by atomic mass is 16.5. The van der Waals surface area contributed by atoms with Crippen LogP contribution < -0.4 is 10.1 Å². The van der Waals surface area contributed by atoms with Gasteiger partial charge in [-0.15, -0.1) is 0 Å². The van der Waals surface area contributed by atoms with E-state index >= 15 is 0 Å². The molecule has 152 valence electrons. The van der Waals surface area contributed by atoms with Gasteiger partial charge in [0, 0.05) is 37.2 Å². The molecule has 7 heteroatoms. The van der Waals surface area contributed by atoms with Crippen LogP contribution in [0.15, 0.2) is 24.3 Å². The summed E-state index contributed by atoms with van der Waals surface area (Å²) in [7, 11) is 1.58. The molecule has 0 saturated carbocycles. The maximum Gasteiger partial charge on any atom is 0.253 e. The quantitative estimate of drug-likeness (QED) is 0.836. The van der Waals surface area contributed by atoms with Gasteiger partial charge in [-0.3, -0.25) is 14.4 Å². The van der Waals surface area contributed by atoms with E-state index in [-0.39, 0.29) is 35.8 Å². The fraction of sp³-hybridized carbons (Fsp3) is 0.571. The van der Waals surface area contributed by atoms with Crippen molar-refractivity contribution in [2.45, 2.75) is 57.7 Å². The number of ether oxygens (including phenoxy) is 1. The first kappa shape index (κ1) is 20.2. The summed E-state index contributed by atoms with van der Waals surface area (Å²) in [4.78, 5) is 41.3. The van der Waals surface area contributed by atoms with E-state index in [9.17, 15) is 14.4 Å². The van der Waals surface area contributed by atoms with Crippen LogP contribution in [0.25, 0.3) is 0 Å². The van der Waals surface area contributed by atoms with Gasteiger partial charge in [0.1, 0.15) is 11.8 Å². The largest absolute Gasteiger partial charge is 0.497 e. The Morgan fingerprint density at radius 1 is 1.18 bits per heavy atom. The third-order valence-corrected chi connectivity index (χ3v) is 5.45. The Balaban J connectivity index is 1.63. The number of nitrogens with zero attached hydrogens (tertiary/aromatic N) is 2. The molecule has 0 aliphatic carbocycles. The van der Waals surface area contributed by atoms with Crippen molar-refractivity contribution < 1.29 is 19.1 Å². The van der Waals surface area contributed by atoms with Crippen molar-refractivity contribution >= 4 is 17.7 Å². The van der Waals surface area contributed by atoms with E-state index < -0.39 is 0 Å². The number of methoxy groups -OCH3 is 1. The van der Waals surface area contributed by atoms with Gasteiger partial charge in [-0.25, -0.2) is 0 Å². The molecule has 2 fully saturated rings. The van der Waals surface area contributed by atoms with Crippen LogP contribution in [0.5, 0.6) is 5.75 Å². The zero-order valence-corrected chi connectivity index (χ0v) is 16.8. The molecular weight excluding hydrogens is 358 g/mol. The Morgan fingerprint density at radius 2 is 1.89 bits per heavy atom. The molecular formula is C21H29N3O4. The topological polar surface area (TPSA) is 79.0 Å². The lowest BCUT2D eigenvalue weighted by Gasteiger charge is -2.39. The lowest BCUT2D eigenvalue weighted by atomic mass is 10.0. The Hall–Kier alpha value is -2.57. The maximum absolute atomic E-state index is 12.8. The van der Waals surface area contributed by atoms with Crippen molar-refractivity contribution in [1.29, 1.82) is 0 Å². The molecule has 2 aliphatic rings. The summed E-state index contributed by atoms with van der Waals surface area (Å²) in [5.41, 5.74) is 0.601. The Kier molecular flexibility index (Phi) is 6.21. The summed E-state index contributed by atoms with van der Waals surface area (Å²) in [6, 6.07) is 6.81. The van der Waals surface area contributed by atoms with Crippen molar-refractivity contribution in [1.82, 2.24) is 15.1 Å². The van der Waals surface area contributed by atoms with Crippen LogP contribution in [0.3, 0.4) is 0 Å². The molecule has 2 saturated heterocycles. The van der Waals surface area contributed by atoms with E-state index in [1.54, 1.807) is 30.2 Å². The van der Waals surface area contributed by atoms with Crippen LogP contribution in [0, 0.1) is 0 Å². The number of piperidine rings is 1. The van der Waals surface area contributed by atoms with Crippen molar-refractivity contribution in [3.05, 3.63) is 29.8 Å². The third kappa shape index (κ3) is 4.29. The molecule has 3 rings (SSSR count). The fourth-order valence-electron chi connectivity index (χ4n) is 4.08. The minimum Gasteiger partial charge on any atom is -0.497 e. The number of hydrogen-bond acceptors (Lipinski definition) is 4. The summed E-state index contributed by atoms with van der Waals surface area (Å²) in [6.45, 7) is 4.98. The number of amides is 3. The van der Waals surface area contributed by atoms with Crippen molar-refractivity contribution in [2.24, 2.45) is 0 Å². The molecule has 1 unspecified atom stereocenters. The van der Waals surface area contributed by atoms with E-state index in [2.05, 4.69) is 5.32 Å². The van der Waals surface area contributed by atoms with Gasteiger partial charge in [-0.1, -0.05) is 6.07 Å². The average Bonchev–Trinajstić information content (AvgIpc) is 3.08. The van der Waals surface area contributed by atoms with Gasteiger partial charge in [-0.05, 0) is 51.3 Å². The second-order valence-corrected chi connectivity index (χ2v) is 7.77. The van der Waals surface area contributed by atoms with Crippen molar-refractivity contribution in [3.63, 3.8) is 0 Å². The number of rotatable bonds is 5. The third-order valence-electron chi connectivity index (χ3n) is 5.45.